The van der Waals surface area contributed by atoms with Crippen LogP contribution in [0, 0.1) is 11.7 Å². The van der Waals surface area contributed by atoms with Gasteiger partial charge in [-0.2, -0.15) is 0 Å². The fourth-order valence-corrected chi connectivity index (χ4v) is 4.19. The summed E-state index contributed by atoms with van der Waals surface area (Å²) in [4.78, 5) is 9.36. The van der Waals surface area contributed by atoms with Crippen LogP contribution < -0.4 is 5.32 Å². The lowest BCUT2D eigenvalue weighted by Crippen LogP contribution is -2.43. The molecule has 1 N–H and O–H groups in total. The molecule has 152 valence electrons. The van der Waals surface area contributed by atoms with Gasteiger partial charge in [0.1, 0.15) is 5.82 Å². The lowest BCUT2D eigenvalue weighted by Gasteiger charge is -2.26. The number of hydrogen-bond acceptors (Lipinski definition) is 2. The van der Waals surface area contributed by atoms with E-state index in [-0.39, 0.29) is 35.2 Å². The van der Waals surface area contributed by atoms with Crippen LogP contribution in [0.5, 0.6) is 0 Å². The minimum atomic E-state index is -0.0813. The van der Waals surface area contributed by atoms with Crippen LogP contribution in [0.25, 0.3) is 0 Å². The molecular weight excluding hydrogens is 454 g/mol. The minimum absolute atomic E-state index is 0. The van der Waals surface area contributed by atoms with Crippen LogP contribution in [-0.2, 0) is 5.41 Å². The smallest absolute Gasteiger partial charge is 0.193 e. The fraction of sp³-hybridized carbons (Fsp3) is 0.667. The standard InChI is InChI=1S/C21H33FN4.HI/c1-4-25(5-2)14-17-10-13-26(15-17)20(23-3)24-16-21(11-12-21)18-8-6-7-9-19(18)22;/h6-9,17H,4-5,10-16H2,1-3H3,(H,23,24);1H. The molecule has 1 saturated carbocycles. The van der Waals surface area contributed by atoms with Gasteiger partial charge in [-0.25, -0.2) is 4.39 Å². The number of rotatable bonds is 7. The van der Waals surface area contributed by atoms with Gasteiger partial charge in [0.05, 0.1) is 0 Å². The number of benzene rings is 1. The third kappa shape index (κ3) is 5.34. The highest BCUT2D eigenvalue weighted by molar-refractivity contribution is 14.0. The number of likely N-dealkylation sites (tertiary alicyclic amines) is 1. The van der Waals surface area contributed by atoms with E-state index in [0.717, 1.165) is 57.1 Å². The quantitative estimate of drug-likeness (QED) is 0.361. The lowest BCUT2D eigenvalue weighted by atomic mass is 9.95. The van der Waals surface area contributed by atoms with Crippen molar-refractivity contribution in [2.75, 3.05) is 46.3 Å². The molecule has 3 rings (SSSR count). The fourth-order valence-electron chi connectivity index (χ4n) is 4.19. The van der Waals surface area contributed by atoms with Crippen LogP contribution in [0.15, 0.2) is 29.3 Å². The van der Waals surface area contributed by atoms with E-state index >= 15 is 0 Å². The van der Waals surface area contributed by atoms with Crippen molar-refractivity contribution in [3.8, 4) is 0 Å². The van der Waals surface area contributed by atoms with Gasteiger partial charge in [0.2, 0.25) is 0 Å². The summed E-state index contributed by atoms with van der Waals surface area (Å²) in [6.45, 7) is 10.7. The summed E-state index contributed by atoms with van der Waals surface area (Å²) in [6.07, 6.45) is 3.31. The van der Waals surface area contributed by atoms with Crippen molar-refractivity contribution in [3.63, 3.8) is 0 Å². The molecule has 4 nitrogen and oxygen atoms in total. The van der Waals surface area contributed by atoms with Crippen molar-refractivity contribution in [2.24, 2.45) is 10.9 Å². The van der Waals surface area contributed by atoms with Crippen molar-refractivity contribution in [1.82, 2.24) is 15.1 Å². The third-order valence-corrected chi connectivity index (χ3v) is 6.09. The molecule has 1 saturated heterocycles. The lowest BCUT2D eigenvalue weighted by molar-refractivity contribution is 0.255. The zero-order valence-electron chi connectivity index (χ0n) is 16.9. The predicted octanol–water partition coefficient (Wildman–Crippen LogP) is 3.71. The van der Waals surface area contributed by atoms with Gasteiger partial charge in [-0.1, -0.05) is 32.0 Å². The summed E-state index contributed by atoms with van der Waals surface area (Å²) in [5.74, 6) is 1.59. The van der Waals surface area contributed by atoms with Crippen molar-refractivity contribution < 1.29 is 4.39 Å². The monoisotopic (exact) mass is 488 g/mol. The van der Waals surface area contributed by atoms with E-state index in [1.165, 1.54) is 13.0 Å². The van der Waals surface area contributed by atoms with Gasteiger partial charge in [0, 0.05) is 38.6 Å². The number of aliphatic imine (C=N–C) groups is 1. The topological polar surface area (TPSA) is 30.9 Å². The first-order chi connectivity index (χ1) is 12.6. The van der Waals surface area contributed by atoms with E-state index in [4.69, 9.17) is 0 Å². The maximum Gasteiger partial charge on any atom is 0.193 e. The molecule has 2 fully saturated rings. The Morgan fingerprint density at radius 2 is 2.00 bits per heavy atom. The van der Waals surface area contributed by atoms with E-state index in [2.05, 4.69) is 34.0 Å². The average Bonchev–Trinajstić information content (AvgIpc) is 3.30. The van der Waals surface area contributed by atoms with Crippen LogP contribution >= 0.6 is 24.0 Å². The Morgan fingerprint density at radius 1 is 1.30 bits per heavy atom. The molecule has 1 heterocycles. The van der Waals surface area contributed by atoms with Gasteiger partial charge in [-0.3, -0.25) is 4.99 Å². The average molecular weight is 488 g/mol. The second kappa shape index (κ2) is 10.0. The number of guanidine groups is 1. The molecule has 0 bridgehead atoms. The maximum atomic E-state index is 14.2. The SMILES string of the molecule is CCN(CC)CC1CCN(C(=NC)NCC2(c3ccccc3F)CC2)C1.I. The van der Waals surface area contributed by atoms with Crippen LogP contribution in [0.3, 0.4) is 0 Å². The van der Waals surface area contributed by atoms with Crippen LogP contribution in [0.2, 0.25) is 0 Å². The van der Waals surface area contributed by atoms with Crippen molar-refractivity contribution in [1.29, 1.82) is 0 Å². The molecule has 0 spiro atoms. The summed E-state index contributed by atoms with van der Waals surface area (Å²) in [5, 5.41) is 3.54. The van der Waals surface area contributed by atoms with Crippen LogP contribution in [0.1, 0.15) is 38.7 Å². The third-order valence-electron chi connectivity index (χ3n) is 6.09. The van der Waals surface area contributed by atoms with Crippen molar-refractivity contribution >= 4 is 29.9 Å². The van der Waals surface area contributed by atoms with Crippen LogP contribution in [0.4, 0.5) is 4.39 Å². The molecule has 0 radical (unpaired) electrons. The molecule has 1 unspecified atom stereocenters. The zero-order valence-corrected chi connectivity index (χ0v) is 19.2. The first-order valence-electron chi connectivity index (χ1n) is 10.0. The summed E-state index contributed by atoms with van der Waals surface area (Å²) < 4.78 is 14.2. The molecule has 1 aromatic carbocycles. The molecule has 27 heavy (non-hydrogen) atoms. The molecule has 6 heteroatoms. The summed E-state index contributed by atoms with van der Waals surface area (Å²) in [7, 11) is 1.85. The summed E-state index contributed by atoms with van der Waals surface area (Å²) >= 11 is 0. The Balaban J connectivity index is 0.00000261. The van der Waals surface area contributed by atoms with Gasteiger partial charge in [-0.05, 0) is 49.9 Å². The molecule has 0 aromatic heterocycles. The van der Waals surface area contributed by atoms with Gasteiger partial charge in [-0.15, -0.1) is 24.0 Å². The van der Waals surface area contributed by atoms with E-state index in [1.54, 1.807) is 12.1 Å². The Labute approximate surface area is 180 Å². The maximum absolute atomic E-state index is 14.2. The summed E-state index contributed by atoms with van der Waals surface area (Å²) in [6, 6.07) is 7.21. The molecule has 1 atom stereocenters. The highest BCUT2D eigenvalue weighted by Gasteiger charge is 2.46. The van der Waals surface area contributed by atoms with Gasteiger partial charge in [0.15, 0.2) is 5.96 Å². The number of nitrogens with one attached hydrogen (secondary N) is 1. The molecule has 0 amide bonds. The first kappa shape index (κ1) is 22.4. The Hall–Kier alpha value is -0.890. The number of hydrogen-bond donors (Lipinski definition) is 1. The molecular formula is C21H34FIN4. The normalized spacial score (nSPS) is 21.3. The number of halogens is 2. The van der Waals surface area contributed by atoms with Gasteiger partial charge >= 0.3 is 0 Å². The van der Waals surface area contributed by atoms with E-state index in [1.807, 2.05) is 19.2 Å². The highest BCUT2D eigenvalue weighted by Crippen LogP contribution is 2.48. The molecule has 2 aliphatic rings. The number of nitrogens with zero attached hydrogens (tertiary/aromatic N) is 3. The Bertz CT molecular complexity index is 628. The van der Waals surface area contributed by atoms with Crippen molar-refractivity contribution in [2.45, 2.75) is 38.5 Å². The second-order valence-corrected chi connectivity index (χ2v) is 7.75. The predicted molar refractivity (Wildman–Crippen MR) is 122 cm³/mol. The molecule has 1 aliphatic heterocycles. The minimum Gasteiger partial charge on any atom is -0.355 e. The van der Waals surface area contributed by atoms with E-state index < -0.39 is 0 Å². The van der Waals surface area contributed by atoms with Gasteiger partial charge in [0.25, 0.3) is 0 Å². The Kier molecular flexibility index (Phi) is 8.34. The second-order valence-electron chi connectivity index (χ2n) is 7.75. The van der Waals surface area contributed by atoms with E-state index in [9.17, 15) is 4.39 Å². The van der Waals surface area contributed by atoms with Crippen molar-refractivity contribution in [3.05, 3.63) is 35.6 Å². The van der Waals surface area contributed by atoms with E-state index in [0.29, 0.717) is 5.92 Å². The first-order valence-corrected chi connectivity index (χ1v) is 10.0. The molecule has 1 aliphatic carbocycles. The highest BCUT2D eigenvalue weighted by atomic mass is 127. The van der Waals surface area contributed by atoms with Gasteiger partial charge < -0.3 is 15.1 Å². The Morgan fingerprint density at radius 3 is 2.59 bits per heavy atom. The molecule has 1 aromatic rings. The summed E-state index contributed by atoms with van der Waals surface area (Å²) in [5.41, 5.74) is 0.797. The zero-order chi connectivity index (χ0) is 18.6. The largest absolute Gasteiger partial charge is 0.355 e. The van der Waals surface area contributed by atoms with Crippen LogP contribution in [-0.4, -0.2) is 62.1 Å².